The zero-order valence-electron chi connectivity index (χ0n) is 17.2. The predicted octanol–water partition coefficient (Wildman–Crippen LogP) is 1.94. The maximum absolute atomic E-state index is 13.3. The molecular formula is C20H19F3N6O3S. The van der Waals surface area contributed by atoms with Gasteiger partial charge >= 0.3 is 6.18 Å². The third-order valence-corrected chi connectivity index (χ3v) is 5.78. The standard InChI is InChI=1S/C20H19F3N6O3S/c1-12-2-4-13(5-3-12)16-10-17(20(21,22)23)27-29(16)14-6-8-15(9-7-14)33(31,32)28-18(30)11-26-19(24)25/h2-10H,11H2,1H3,(H,28,30)(H4,24,25,26). The summed E-state index contributed by atoms with van der Waals surface area (Å²) in [4.78, 5) is 14.8. The Balaban J connectivity index is 1.96. The quantitative estimate of drug-likeness (QED) is 0.363. The zero-order chi connectivity index (χ0) is 24.4. The van der Waals surface area contributed by atoms with E-state index in [1.54, 1.807) is 29.0 Å². The average molecular weight is 480 g/mol. The van der Waals surface area contributed by atoms with Crippen LogP contribution in [0.1, 0.15) is 11.3 Å². The Morgan fingerprint density at radius 1 is 1.09 bits per heavy atom. The second kappa shape index (κ2) is 8.94. The van der Waals surface area contributed by atoms with Gasteiger partial charge in [0.15, 0.2) is 11.7 Å². The number of alkyl halides is 3. The van der Waals surface area contributed by atoms with Gasteiger partial charge in [-0.05, 0) is 37.3 Å². The van der Waals surface area contributed by atoms with Gasteiger partial charge in [0.25, 0.3) is 15.9 Å². The van der Waals surface area contributed by atoms with E-state index in [-0.39, 0.29) is 22.2 Å². The Morgan fingerprint density at radius 3 is 2.24 bits per heavy atom. The molecular weight excluding hydrogens is 461 g/mol. The van der Waals surface area contributed by atoms with Gasteiger partial charge in [0.05, 0.1) is 16.3 Å². The van der Waals surface area contributed by atoms with Gasteiger partial charge in [-0.25, -0.2) is 22.8 Å². The normalized spacial score (nSPS) is 11.8. The highest BCUT2D eigenvalue weighted by Gasteiger charge is 2.35. The lowest BCUT2D eigenvalue weighted by Gasteiger charge is -2.10. The Bertz CT molecular complexity index is 1290. The molecule has 13 heteroatoms. The molecule has 3 aromatic rings. The first-order chi connectivity index (χ1) is 15.4. The Kier molecular flexibility index (Phi) is 6.44. The topological polar surface area (TPSA) is 145 Å². The molecule has 0 spiro atoms. The highest BCUT2D eigenvalue weighted by molar-refractivity contribution is 7.90. The van der Waals surface area contributed by atoms with Crippen LogP contribution in [0, 0.1) is 6.92 Å². The minimum absolute atomic E-state index is 0.170. The molecule has 0 radical (unpaired) electrons. The number of nitrogens with zero attached hydrogens (tertiary/aromatic N) is 3. The molecule has 5 N–H and O–H groups in total. The number of hydrogen-bond acceptors (Lipinski definition) is 5. The lowest BCUT2D eigenvalue weighted by molar-refractivity contribution is -0.141. The fraction of sp³-hybridized carbons (Fsp3) is 0.150. The number of nitrogens with one attached hydrogen (secondary N) is 1. The molecule has 1 amide bonds. The van der Waals surface area contributed by atoms with Crippen LogP contribution in [-0.4, -0.2) is 36.6 Å². The molecule has 0 atom stereocenters. The Hall–Kier alpha value is -3.87. The minimum atomic E-state index is -4.67. The molecule has 0 saturated carbocycles. The second-order valence-corrected chi connectivity index (χ2v) is 8.64. The number of carbonyl (C=O) groups is 1. The molecule has 0 fully saturated rings. The molecule has 0 unspecified atom stereocenters. The first-order valence-corrected chi connectivity index (χ1v) is 10.8. The molecule has 33 heavy (non-hydrogen) atoms. The van der Waals surface area contributed by atoms with E-state index in [1.807, 2.05) is 6.92 Å². The summed E-state index contributed by atoms with van der Waals surface area (Å²) in [6, 6.07) is 12.6. The van der Waals surface area contributed by atoms with Crippen LogP contribution in [0.2, 0.25) is 0 Å². The van der Waals surface area contributed by atoms with Gasteiger partial charge in [0.1, 0.15) is 6.54 Å². The molecule has 0 aliphatic carbocycles. The number of carbonyl (C=O) groups excluding carboxylic acids is 1. The van der Waals surface area contributed by atoms with Crippen LogP contribution >= 0.6 is 0 Å². The molecule has 1 aromatic heterocycles. The Morgan fingerprint density at radius 2 is 1.70 bits per heavy atom. The number of rotatable bonds is 6. The predicted molar refractivity (Wildman–Crippen MR) is 115 cm³/mol. The maximum atomic E-state index is 13.3. The molecule has 2 aromatic carbocycles. The monoisotopic (exact) mass is 480 g/mol. The number of nitrogens with two attached hydrogens (primary N) is 2. The summed E-state index contributed by atoms with van der Waals surface area (Å²) in [6.45, 7) is 1.25. The second-order valence-electron chi connectivity index (χ2n) is 6.95. The first-order valence-electron chi connectivity index (χ1n) is 9.32. The summed E-state index contributed by atoms with van der Waals surface area (Å²) >= 11 is 0. The number of aromatic nitrogens is 2. The van der Waals surface area contributed by atoms with Gasteiger partial charge in [-0.3, -0.25) is 4.79 Å². The van der Waals surface area contributed by atoms with E-state index in [0.717, 1.165) is 28.4 Å². The Labute approximate surface area is 187 Å². The minimum Gasteiger partial charge on any atom is -0.370 e. The highest BCUT2D eigenvalue weighted by Crippen LogP contribution is 2.33. The number of halogens is 3. The number of aryl methyl sites for hydroxylation is 1. The van der Waals surface area contributed by atoms with E-state index in [9.17, 15) is 26.4 Å². The highest BCUT2D eigenvalue weighted by atomic mass is 32.2. The van der Waals surface area contributed by atoms with E-state index < -0.39 is 34.3 Å². The summed E-state index contributed by atoms with van der Waals surface area (Å²) in [6.07, 6.45) is -4.67. The number of hydrogen-bond donors (Lipinski definition) is 3. The molecule has 3 rings (SSSR count). The van der Waals surface area contributed by atoms with Crippen molar-refractivity contribution in [1.29, 1.82) is 0 Å². The maximum Gasteiger partial charge on any atom is 0.435 e. The van der Waals surface area contributed by atoms with Gasteiger partial charge in [-0.15, -0.1) is 0 Å². The van der Waals surface area contributed by atoms with Crippen molar-refractivity contribution < 1.29 is 26.4 Å². The van der Waals surface area contributed by atoms with Crippen molar-refractivity contribution >= 4 is 21.9 Å². The van der Waals surface area contributed by atoms with Crippen molar-refractivity contribution in [1.82, 2.24) is 14.5 Å². The molecule has 0 aliphatic heterocycles. The molecule has 0 aliphatic rings. The van der Waals surface area contributed by atoms with Gasteiger partial charge in [-0.2, -0.15) is 18.3 Å². The van der Waals surface area contributed by atoms with Crippen LogP contribution in [0.15, 0.2) is 64.5 Å². The van der Waals surface area contributed by atoms with Crippen molar-refractivity contribution in [3.63, 3.8) is 0 Å². The summed E-state index contributed by atoms with van der Waals surface area (Å²) < 4.78 is 67.6. The number of guanidine groups is 1. The number of benzene rings is 2. The van der Waals surface area contributed by atoms with Crippen LogP contribution in [0.4, 0.5) is 13.2 Å². The van der Waals surface area contributed by atoms with Crippen molar-refractivity contribution in [2.24, 2.45) is 16.5 Å². The molecule has 0 bridgehead atoms. The molecule has 0 saturated heterocycles. The number of sulfonamides is 1. The molecule has 174 valence electrons. The van der Waals surface area contributed by atoms with Gasteiger partial charge in [0, 0.05) is 5.56 Å². The van der Waals surface area contributed by atoms with E-state index in [0.29, 0.717) is 5.56 Å². The summed E-state index contributed by atoms with van der Waals surface area (Å²) in [5.74, 6) is -1.34. The zero-order valence-corrected chi connectivity index (χ0v) is 18.0. The van der Waals surface area contributed by atoms with Gasteiger partial charge in [0.2, 0.25) is 0 Å². The molecule has 9 nitrogen and oxygen atoms in total. The van der Waals surface area contributed by atoms with E-state index in [2.05, 4.69) is 10.1 Å². The third kappa shape index (κ3) is 5.68. The summed E-state index contributed by atoms with van der Waals surface area (Å²) in [5.41, 5.74) is 10.9. The fourth-order valence-corrected chi connectivity index (χ4v) is 3.79. The van der Waals surface area contributed by atoms with E-state index >= 15 is 0 Å². The summed E-state index contributed by atoms with van der Waals surface area (Å²) in [7, 11) is -4.25. The fourth-order valence-electron chi connectivity index (χ4n) is 2.82. The summed E-state index contributed by atoms with van der Waals surface area (Å²) in [5, 5.41) is 3.67. The first kappa shape index (κ1) is 23.8. The van der Waals surface area contributed by atoms with Crippen LogP contribution in [0.5, 0.6) is 0 Å². The van der Waals surface area contributed by atoms with Crippen LogP contribution < -0.4 is 16.2 Å². The van der Waals surface area contributed by atoms with Crippen molar-refractivity contribution in [3.05, 3.63) is 65.9 Å². The lowest BCUT2D eigenvalue weighted by Crippen LogP contribution is -2.33. The number of amides is 1. The third-order valence-electron chi connectivity index (χ3n) is 4.39. The van der Waals surface area contributed by atoms with Crippen LogP contribution in [-0.2, 0) is 21.0 Å². The SMILES string of the molecule is Cc1ccc(-c2cc(C(F)(F)F)nn2-c2ccc(S(=O)(=O)NC(=O)CN=C(N)N)cc2)cc1. The average Bonchev–Trinajstić information content (AvgIpc) is 3.19. The largest absolute Gasteiger partial charge is 0.435 e. The molecule has 1 heterocycles. The van der Waals surface area contributed by atoms with Crippen molar-refractivity contribution in [2.75, 3.05) is 6.54 Å². The van der Waals surface area contributed by atoms with Crippen molar-refractivity contribution in [2.45, 2.75) is 18.0 Å². The lowest BCUT2D eigenvalue weighted by atomic mass is 10.1. The van der Waals surface area contributed by atoms with E-state index in [1.165, 1.54) is 12.1 Å². The van der Waals surface area contributed by atoms with E-state index in [4.69, 9.17) is 11.5 Å². The number of aliphatic imine (C=N–C) groups is 1. The van der Waals surface area contributed by atoms with Crippen LogP contribution in [0.3, 0.4) is 0 Å². The van der Waals surface area contributed by atoms with Gasteiger partial charge in [-0.1, -0.05) is 29.8 Å². The van der Waals surface area contributed by atoms with Gasteiger partial charge < -0.3 is 11.5 Å². The van der Waals surface area contributed by atoms with Crippen molar-refractivity contribution in [3.8, 4) is 16.9 Å². The van der Waals surface area contributed by atoms with Crippen LogP contribution in [0.25, 0.3) is 16.9 Å². The smallest absolute Gasteiger partial charge is 0.370 e.